The number of alkyl halides is 3. The van der Waals surface area contributed by atoms with Gasteiger partial charge in [-0.2, -0.15) is 13.2 Å². The van der Waals surface area contributed by atoms with E-state index in [0.717, 1.165) is 6.07 Å². The zero-order valence-electron chi connectivity index (χ0n) is 7.88. The van der Waals surface area contributed by atoms with E-state index in [1.165, 1.54) is 6.07 Å². The van der Waals surface area contributed by atoms with Gasteiger partial charge in [-0.3, -0.25) is 0 Å². The number of nitrogens with zero attached hydrogens (tertiary/aromatic N) is 1. The van der Waals surface area contributed by atoms with Gasteiger partial charge in [0.2, 0.25) is 0 Å². The van der Waals surface area contributed by atoms with Crippen molar-refractivity contribution < 1.29 is 18.3 Å². The lowest BCUT2D eigenvalue weighted by Gasteiger charge is -2.21. The molecule has 0 saturated carbocycles. The summed E-state index contributed by atoms with van der Waals surface area (Å²) < 4.78 is 37.0. The van der Waals surface area contributed by atoms with Crippen LogP contribution in [0.5, 0.6) is 0 Å². The smallest absolute Gasteiger partial charge is 0.388 e. The molecule has 0 aromatic carbocycles. The Labute approximate surface area is 84.8 Å². The highest BCUT2D eigenvalue weighted by atomic mass is 19.4. The summed E-state index contributed by atoms with van der Waals surface area (Å²) >= 11 is 0. The molecular formula is C10H10F3NO. The molecular weight excluding hydrogens is 207 g/mol. The van der Waals surface area contributed by atoms with Crippen LogP contribution < -0.4 is 0 Å². The maximum atomic E-state index is 12.3. The van der Waals surface area contributed by atoms with Crippen LogP contribution in [0.25, 0.3) is 0 Å². The van der Waals surface area contributed by atoms with Gasteiger partial charge in [-0.25, -0.2) is 4.98 Å². The summed E-state index contributed by atoms with van der Waals surface area (Å²) in [5.41, 5.74) is 0.0353. The fourth-order valence-corrected chi connectivity index (χ4v) is 1.79. The Bertz CT molecular complexity index is 375. The van der Waals surface area contributed by atoms with E-state index in [9.17, 15) is 18.3 Å². The van der Waals surface area contributed by atoms with Gasteiger partial charge in [0, 0.05) is 11.3 Å². The number of hydrogen-bond acceptors (Lipinski definition) is 2. The predicted molar refractivity (Wildman–Crippen MR) is 47.1 cm³/mol. The van der Waals surface area contributed by atoms with E-state index < -0.39 is 18.0 Å². The predicted octanol–water partition coefficient (Wildman–Crippen LogP) is 2.47. The number of halogens is 3. The van der Waals surface area contributed by atoms with E-state index in [-0.39, 0.29) is 0 Å². The highest BCUT2D eigenvalue weighted by molar-refractivity contribution is 5.28. The SMILES string of the molecule is O[C@H]1CCCc2nc(C(F)(F)F)ccc21. The van der Waals surface area contributed by atoms with Crippen molar-refractivity contribution in [1.82, 2.24) is 4.98 Å². The van der Waals surface area contributed by atoms with Crippen LogP contribution in [0.1, 0.15) is 35.9 Å². The van der Waals surface area contributed by atoms with Gasteiger partial charge in [0.25, 0.3) is 0 Å². The lowest BCUT2D eigenvalue weighted by atomic mass is 9.93. The molecule has 5 heteroatoms. The highest BCUT2D eigenvalue weighted by Crippen LogP contribution is 2.33. The summed E-state index contributed by atoms with van der Waals surface area (Å²) in [4.78, 5) is 3.55. The van der Waals surface area contributed by atoms with Crippen molar-refractivity contribution in [2.75, 3.05) is 0 Å². The maximum absolute atomic E-state index is 12.3. The minimum Gasteiger partial charge on any atom is -0.388 e. The van der Waals surface area contributed by atoms with Crippen LogP contribution in [0.2, 0.25) is 0 Å². The second-order valence-electron chi connectivity index (χ2n) is 3.64. The molecule has 2 nitrogen and oxygen atoms in total. The minimum atomic E-state index is -4.41. The van der Waals surface area contributed by atoms with E-state index in [0.29, 0.717) is 30.5 Å². The molecule has 0 bridgehead atoms. The largest absolute Gasteiger partial charge is 0.433 e. The summed E-state index contributed by atoms with van der Waals surface area (Å²) in [6.45, 7) is 0. The number of aryl methyl sites for hydroxylation is 1. The van der Waals surface area contributed by atoms with E-state index in [1.807, 2.05) is 0 Å². The molecule has 82 valence electrons. The van der Waals surface area contributed by atoms with E-state index in [1.54, 1.807) is 0 Å². The molecule has 1 atom stereocenters. The summed E-state index contributed by atoms with van der Waals surface area (Å²) in [6, 6.07) is 2.25. The monoisotopic (exact) mass is 217 g/mol. The van der Waals surface area contributed by atoms with Crippen molar-refractivity contribution in [3.8, 4) is 0 Å². The van der Waals surface area contributed by atoms with Crippen LogP contribution in [-0.4, -0.2) is 10.1 Å². The van der Waals surface area contributed by atoms with Gasteiger partial charge in [-0.05, 0) is 25.3 Å². The van der Waals surface area contributed by atoms with Gasteiger partial charge in [0.15, 0.2) is 0 Å². The maximum Gasteiger partial charge on any atom is 0.433 e. The highest BCUT2D eigenvalue weighted by Gasteiger charge is 2.33. The first-order valence-corrected chi connectivity index (χ1v) is 4.73. The summed E-state index contributed by atoms with van der Waals surface area (Å²) in [7, 11) is 0. The fraction of sp³-hybridized carbons (Fsp3) is 0.500. The van der Waals surface area contributed by atoms with Crippen LogP contribution in [0.4, 0.5) is 13.2 Å². The van der Waals surface area contributed by atoms with Gasteiger partial charge in [-0.15, -0.1) is 0 Å². The van der Waals surface area contributed by atoms with Crippen molar-refractivity contribution in [2.24, 2.45) is 0 Å². The van der Waals surface area contributed by atoms with Crippen molar-refractivity contribution in [3.05, 3.63) is 29.1 Å². The van der Waals surface area contributed by atoms with Crippen molar-refractivity contribution >= 4 is 0 Å². The Kier molecular flexibility index (Phi) is 2.42. The molecule has 15 heavy (non-hydrogen) atoms. The zero-order valence-corrected chi connectivity index (χ0v) is 7.88. The second kappa shape index (κ2) is 3.48. The Morgan fingerprint density at radius 1 is 1.33 bits per heavy atom. The summed E-state index contributed by atoms with van der Waals surface area (Å²) in [6.07, 6.45) is -3.28. The molecule has 0 unspecified atom stereocenters. The fourth-order valence-electron chi connectivity index (χ4n) is 1.79. The standard InChI is InChI=1S/C10H10F3NO/c11-10(12,13)9-5-4-6-7(14-9)2-1-3-8(6)15/h4-5,8,15H,1-3H2/t8-/m0/s1. The summed E-state index contributed by atoms with van der Waals surface area (Å²) in [5, 5.41) is 9.53. The van der Waals surface area contributed by atoms with Gasteiger partial charge >= 0.3 is 6.18 Å². The molecule has 1 aliphatic rings. The number of aromatic nitrogens is 1. The minimum absolute atomic E-state index is 0.378. The first kappa shape index (κ1) is 10.4. The second-order valence-corrected chi connectivity index (χ2v) is 3.64. The number of aliphatic hydroxyl groups is 1. The number of hydrogen-bond donors (Lipinski definition) is 1. The Hall–Kier alpha value is -1.10. The Morgan fingerprint density at radius 2 is 2.07 bits per heavy atom. The van der Waals surface area contributed by atoms with Crippen LogP contribution in [0, 0.1) is 0 Å². The Balaban J connectivity index is 2.42. The third kappa shape index (κ3) is 1.97. The molecule has 1 aliphatic carbocycles. The van der Waals surface area contributed by atoms with E-state index >= 15 is 0 Å². The molecule has 0 aliphatic heterocycles. The molecule has 1 heterocycles. The molecule has 0 radical (unpaired) electrons. The molecule has 1 N–H and O–H groups in total. The van der Waals surface area contributed by atoms with Gasteiger partial charge < -0.3 is 5.11 Å². The molecule has 2 rings (SSSR count). The first-order valence-electron chi connectivity index (χ1n) is 4.73. The number of rotatable bonds is 0. The van der Waals surface area contributed by atoms with Gasteiger partial charge in [0.05, 0.1) is 6.10 Å². The van der Waals surface area contributed by atoms with Gasteiger partial charge in [-0.1, -0.05) is 6.07 Å². The van der Waals surface area contributed by atoms with Crippen LogP contribution >= 0.6 is 0 Å². The van der Waals surface area contributed by atoms with E-state index in [2.05, 4.69) is 4.98 Å². The lowest BCUT2D eigenvalue weighted by molar-refractivity contribution is -0.141. The molecule has 0 amide bonds. The average molecular weight is 217 g/mol. The molecule has 0 spiro atoms. The summed E-state index contributed by atoms with van der Waals surface area (Å²) in [5.74, 6) is 0. The third-order valence-electron chi connectivity index (χ3n) is 2.55. The molecule has 1 aromatic heterocycles. The van der Waals surface area contributed by atoms with Gasteiger partial charge in [0.1, 0.15) is 5.69 Å². The number of aliphatic hydroxyl groups excluding tert-OH is 1. The van der Waals surface area contributed by atoms with E-state index in [4.69, 9.17) is 0 Å². The zero-order chi connectivity index (χ0) is 11.1. The van der Waals surface area contributed by atoms with Crippen molar-refractivity contribution in [3.63, 3.8) is 0 Å². The third-order valence-corrected chi connectivity index (χ3v) is 2.55. The number of fused-ring (bicyclic) bond motifs is 1. The average Bonchev–Trinajstić information content (AvgIpc) is 2.16. The van der Waals surface area contributed by atoms with Crippen LogP contribution in [0.15, 0.2) is 12.1 Å². The van der Waals surface area contributed by atoms with Crippen LogP contribution in [-0.2, 0) is 12.6 Å². The number of pyridine rings is 1. The molecule has 0 fully saturated rings. The van der Waals surface area contributed by atoms with Crippen LogP contribution in [0.3, 0.4) is 0 Å². The molecule has 1 aromatic rings. The normalized spacial score (nSPS) is 21.2. The van der Waals surface area contributed by atoms with Crippen molar-refractivity contribution in [1.29, 1.82) is 0 Å². The topological polar surface area (TPSA) is 33.1 Å². The van der Waals surface area contributed by atoms with Crippen molar-refractivity contribution in [2.45, 2.75) is 31.5 Å². The Morgan fingerprint density at radius 3 is 2.73 bits per heavy atom. The molecule has 0 saturated heterocycles. The lowest BCUT2D eigenvalue weighted by Crippen LogP contribution is -2.15. The first-order chi connectivity index (χ1) is 6.98. The quantitative estimate of drug-likeness (QED) is 0.724.